The van der Waals surface area contributed by atoms with E-state index in [-0.39, 0.29) is 16.9 Å². The van der Waals surface area contributed by atoms with E-state index in [1.807, 2.05) is 25.2 Å². The molecule has 3 nitrogen and oxygen atoms in total. The molecule has 0 saturated carbocycles. The normalized spacial score (nSPS) is 21.2. The maximum Gasteiger partial charge on any atom is 0.0714 e. The Kier molecular flexibility index (Phi) is 6.66. The summed E-state index contributed by atoms with van der Waals surface area (Å²) in [4.78, 5) is 0. The number of hydrogen-bond donors (Lipinski definition) is 3. The lowest BCUT2D eigenvalue weighted by atomic mass is 9.71. The second kappa shape index (κ2) is 10.4. The summed E-state index contributed by atoms with van der Waals surface area (Å²) >= 11 is 0. The van der Waals surface area contributed by atoms with Gasteiger partial charge in [-0.2, -0.15) is 0 Å². The fourth-order valence-corrected chi connectivity index (χ4v) is 7.66. The fourth-order valence-electron chi connectivity index (χ4n) is 7.66. The molecule has 0 saturated heterocycles. The van der Waals surface area contributed by atoms with E-state index in [9.17, 15) is 0 Å². The van der Waals surface area contributed by atoms with Crippen LogP contribution in [0.15, 0.2) is 138 Å². The Morgan fingerprint density at radius 1 is 0.864 bits per heavy atom. The van der Waals surface area contributed by atoms with Gasteiger partial charge < -0.3 is 16.4 Å². The van der Waals surface area contributed by atoms with Crippen molar-refractivity contribution in [3.05, 3.63) is 177 Å². The molecule has 3 heteroatoms. The fraction of sp³-hybridized carbons (Fsp3) is 0.220. The number of dihydropyridines is 2. The highest BCUT2D eigenvalue weighted by Crippen LogP contribution is 2.59. The van der Waals surface area contributed by atoms with Gasteiger partial charge in [0.15, 0.2) is 0 Å². The van der Waals surface area contributed by atoms with Crippen molar-refractivity contribution in [2.75, 3.05) is 6.54 Å². The zero-order chi connectivity index (χ0) is 30.6. The van der Waals surface area contributed by atoms with E-state index >= 15 is 0 Å². The van der Waals surface area contributed by atoms with E-state index in [0.717, 1.165) is 23.5 Å². The Balaban J connectivity index is 1.50. The second-order valence-electron chi connectivity index (χ2n) is 13.2. The first kappa shape index (κ1) is 28.0. The average Bonchev–Trinajstić information content (AvgIpc) is 3.24. The van der Waals surface area contributed by atoms with Gasteiger partial charge in [-0.05, 0) is 86.9 Å². The van der Waals surface area contributed by atoms with Gasteiger partial charge in [0.2, 0.25) is 0 Å². The summed E-state index contributed by atoms with van der Waals surface area (Å²) in [6, 6.07) is 24.9. The van der Waals surface area contributed by atoms with E-state index in [1.54, 1.807) is 0 Å². The van der Waals surface area contributed by atoms with Crippen molar-refractivity contribution in [2.45, 2.75) is 51.5 Å². The van der Waals surface area contributed by atoms with Gasteiger partial charge in [0, 0.05) is 23.1 Å². The summed E-state index contributed by atoms with van der Waals surface area (Å²) in [6.07, 6.45) is 16.9. The first-order valence-corrected chi connectivity index (χ1v) is 15.7. The van der Waals surface area contributed by atoms with Crippen LogP contribution in [-0.2, 0) is 10.8 Å². The predicted octanol–water partition coefficient (Wildman–Crippen LogP) is 8.49. The van der Waals surface area contributed by atoms with Crippen molar-refractivity contribution in [2.24, 2.45) is 5.73 Å². The molecule has 0 radical (unpaired) electrons. The SMILES string of the molecule is C/C=C\C=C(/N)C1=CC(C2=CC=CCN2)=CC(c2cccc3c2C2=C(c4ccccc4C(C)(C)c4ccccc42)C3(C)C)N1. The van der Waals surface area contributed by atoms with Gasteiger partial charge in [-0.25, -0.2) is 0 Å². The largest absolute Gasteiger partial charge is 0.397 e. The topological polar surface area (TPSA) is 50.1 Å². The molecule has 0 amide bonds. The summed E-state index contributed by atoms with van der Waals surface area (Å²) < 4.78 is 0. The molecule has 3 aromatic rings. The molecule has 0 fully saturated rings. The van der Waals surface area contributed by atoms with Crippen molar-refractivity contribution >= 4 is 11.1 Å². The van der Waals surface area contributed by atoms with Gasteiger partial charge in [0.25, 0.3) is 0 Å². The van der Waals surface area contributed by atoms with Crippen LogP contribution in [0.3, 0.4) is 0 Å². The van der Waals surface area contributed by atoms with Crippen LogP contribution in [0.5, 0.6) is 0 Å². The van der Waals surface area contributed by atoms with Crippen molar-refractivity contribution in [3.8, 4) is 0 Å². The number of hydrogen-bond acceptors (Lipinski definition) is 3. The lowest BCUT2D eigenvalue weighted by Crippen LogP contribution is -2.29. The third-order valence-electron chi connectivity index (χ3n) is 9.83. The average molecular weight is 576 g/mol. The van der Waals surface area contributed by atoms with Crippen LogP contribution < -0.4 is 16.4 Å². The Morgan fingerprint density at radius 2 is 1.57 bits per heavy atom. The molecule has 0 bridgehead atoms. The highest BCUT2D eigenvalue weighted by atomic mass is 15.0. The van der Waals surface area contributed by atoms with Crippen LogP contribution in [-0.4, -0.2) is 6.54 Å². The molecular weight excluding hydrogens is 534 g/mol. The minimum absolute atomic E-state index is 0.0765. The number of nitrogens with one attached hydrogen (secondary N) is 2. The molecule has 220 valence electrons. The zero-order valence-electron chi connectivity index (χ0n) is 26.3. The van der Waals surface area contributed by atoms with Gasteiger partial charge in [0.05, 0.1) is 17.4 Å². The Morgan fingerprint density at radius 3 is 2.30 bits per heavy atom. The number of fused-ring (bicyclic) bond motifs is 6. The summed E-state index contributed by atoms with van der Waals surface area (Å²) in [7, 11) is 0. The second-order valence-corrected chi connectivity index (χ2v) is 13.2. The van der Waals surface area contributed by atoms with Crippen LogP contribution in [0.1, 0.15) is 79.6 Å². The lowest BCUT2D eigenvalue weighted by Gasteiger charge is -2.32. The number of benzene rings is 3. The van der Waals surface area contributed by atoms with Crippen molar-refractivity contribution in [1.29, 1.82) is 0 Å². The molecule has 4 N–H and O–H groups in total. The molecule has 44 heavy (non-hydrogen) atoms. The van der Waals surface area contributed by atoms with Crippen molar-refractivity contribution in [1.82, 2.24) is 10.6 Å². The molecule has 1 atom stereocenters. The number of rotatable bonds is 4. The van der Waals surface area contributed by atoms with E-state index < -0.39 is 0 Å². The quantitative estimate of drug-likeness (QED) is 0.274. The van der Waals surface area contributed by atoms with Gasteiger partial charge in [-0.15, -0.1) is 0 Å². The lowest BCUT2D eigenvalue weighted by molar-refractivity contribution is 0.633. The zero-order valence-corrected chi connectivity index (χ0v) is 26.3. The van der Waals surface area contributed by atoms with Gasteiger partial charge in [-0.3, -0.25) is 0 Å². The van der Waals surface area contributed by atoms with Crippen molar-refractivity contribution < 1.29 is 0 Å². The third-order valence-corrected chi connectivity index (χ3v) is 9.83. The minimum Gasteiger partial charge on any atom is -0.397 e. The molecule has 2 aliphatic carbocycles. The van der Waals surface area contributed by atoms with E-state index in [1.165, 1.54) is 50.1 Å². The third kappa shape index (κ3) is 4.25. The standard InChI is InChI=1S/C41H41N3/c1-6-7-21-33(42)36-25-26(34-22-12-13-23-43-34)24-35(44-36)29-17-14-20-32-37(29)38-27-15-8-10-18-30(27)40(2,3)31-19-11-9-16-28(31)39(38)41(32,4)5/h6-22,24-25,35,43-44H,23,42H2,1-5H3/b7-6-,33-21-. The van der Waals surface area contributed by atoms with Crippen molar-refractivity contribution in [3.63, 3.8) is 0 Å². The molecule has 2 heterocycles. The first-order valence-electron chi connectivity index (χ1n) is 15.7. The molecule has 0 aromatic heterocycles. The number of allylic oxidation sites excluding steroid dienone is 7. The molecule has 4 aliphatic rings. The van der Waals surface area contributed by atoms with Gasteiger partial charge >= 0.3 is 0 Å². The van der Waals surface area contributed by atoms with E-state index in [2.05, 4.69) is 135 Å². The van der Waals surface area contributed by atoms with E-state index in [4.69, 9.17) is 5.73 Å². The summed E-state index contributed by atoms with van der Waals surface area (Å²) in [5, 5.41) is 7.40. The Bertz CT molecular complexity index is 1900. The first-order chi connectivity index (χ1) is 21.2. The Hall–Kier alpha value is -4.76. The maximum absolute atomic E-state index is 6.68. The molecule has 3 aromatic carbocycles. The Labute approximate surface area is 262 Å². The van der Waals surface area contributed by atoms with Gasteiger partial charge in [0.1, 0.15) is 0 Å². The molecule has 2 aliphatic heterocycles. The molecule has 0 spiro atoms. The molecular formula is C41H41N3. The highest BCUT2D eigenvalue weighted by Gasteiger charge is 2.46. The molecule has 1 unspecified atom stereocenters. The summed E-state index contributed by atoms with van der Waals surface area (Å²) in [5.74, 6) is 0. The van der Waals surface area contributed by atoms with Gasteiger partial charge in [-0.1, -0.05) is 119 Å². The van der Waals surface area contributed by atoms with Crippen LogP contribution >= 0.6 is 0 Å². The van der Waals surface area contributed by atoms with Crippen LogP contribution in [0.25, 0.3) is 11.1 Å². The summed E-state index contributed by atoms with van der Waals surface area (Å²) in [5.41, 5.74) is 22.4. The smallest absolute Gasteiger partial charge is 0.0714 e. The van der Waals surface area contributed by atoms with Crippen LogP contribution in [0.4, 0.5) is 0 Å². The monoisotopic (exact) mass is 575 g/mol. The minimum atomic E-state index is -0.187. The number of nitrogens with two attached hydrogens (primary N) is 1. The summed E-state index contributed by atoms with van der Waals surface area (Å²) in [6.45, 7) is 12.4. The predicted molar refractivity (Wildman–Crippen MR) is 185 cm³/mol. The molecule has 7 rings (SSSR count). The van der Waals surface area contributed by atoms with E-state index in [0.29, 0.717) is 5.70 Å². The van der Waals surface area contributed by atoms with Crippen LogP contribution in [0, 0.1) is 0 Å². The maximum atomic E-state index is 6.68. The highest BCUT2D eigenvalue weighted by molar-refractivity contribution is 6.10. The van der Waals surface area contributed by atoms with Crippen LogP contribution in [0.2, 0.25) is 0 Å².